The SMILES string of the molecule is CCCCC(c1ccc(C(F)(F)F)cc1)N1CC[C@@H](CC(=O)O)C[C@H]1c1ccc(C(F)(F)F)cc1. The summed E-state index contributed by atoms with van der Waals surface area (Å²) in [6.45, 7) is 2.51. The number of carboxylic acid groups (broad SMARTS) is 1. The van der Waals surface area contributed by atoms with E-state index in [1.165, 1.54) is 24.3 Å². The van der Waals surface area contributed by atoms with Gasteiger partial charge in [0.15, 0.2) is 0 Å². The summed E-state index contributed by atoms with van der Waals surface area (Å²) in [6, 6.07) is 9.35. The van der Waals surface area contributed by atoms with E-state index in [0.717, 1.165) is 37.1 Å². The molecule has 35 heavy (non-hydrogen) atoms. The number of benzene rings is 2. The molecule has 0 amide bonds. The van der Waals surface area contributed by atoms with E-state index in [1.807, 2.05) is 6.92 Å². The van der Waals surface area contributed by atoms with Crippen LogP contribution in [0.1, 0.15) is 79.8 Å². The molecule has 0 aromatic heterocycles. The van der Waals surface area contributed by atoms with Crippen LogP contribution in [0.4, 0.5) is 26.3 Å². The fraction of sp³-hybridized carbons (Fsp3) is 0.500. The van der Waals surface area contributed by atoms with E-state index in [2.05, 4.69) is 4.90 Å². The van der Waals surface area contributed by atoms with Crippen molar-refractivity contribution in [2.75, 3.05) is 6.54 Å². The molecule has 3 atom stereocenters. The highest BCUT2D eigenvalue weighted by Gasteiger charge is 2.37. The third-order valence-corrected chi connectivity index (χ3v) is 6.69. The predicted molar refractivity (Wildman–Crippen MR) is 120 cm³/mol. The van der Waals surface area contributed by atoms with Gasteiger partial charge in [-0.15, -0.1) is 0 Å². The van der Waals surface area contributed by atoms with Gasteiger partial charge in [-0.25, -0.2) is 0 Å². The predicted octanol–water partition coefficient (Wildman–Crippen LogP) is 7.88. The fourth-order valence-corrected chi connectivity index (χ4v) is 4.90. The Morgan fingerprint density at radius 1 is 0.971 bits per heavy atom. The number of hydrogen-bond acceptors (Lipinski definition) is 2. The molecule has 2 aromatic carbocycles. The lowest BCUT2D eigenvalue weighted by Crippen LogP contribution is -2.40. The van der Waals surface area contributed by atoms with Crippen LogP contribution in [-0.2, 0) is 17.1 Å². The number of hydrogen-bond donors (Lipinski definition) is 1. The number of carbonyl (C=O) groups is 1. The van der Waals surface area contributed by atoms with E-state index in [-0.39, 0.29) is 24.4 Å². The summed E-state index contributed by atoms with van der Waals surface area (Å²) in [6.07, 6.45) is -5.56. The van der Waals surface area contributed by atoms with Crippen molar-refractivity contribution in [3.8, 4) is 0 Å². The zero-order chi connectivity index (χ0) is 25.8. The smallest absolute Gasteiger partial charge is 0.416 e. The number of rotatable bonds is 8. The highest BCUT2D eigenvalue weighted by Crippen LogP contribution is 2.43. The van der Waals surface area contributed by atoms with Crippen LogP contribution < -0.4 is 0 Å². The summed E-state index contributed by atoms with van der Waals surface area (Å²) in [5.41, 5.74) is -0.160. The number of alkyl halides is 6. The van der Waals surface area contributed by atoms with Gasteiger partial charge in [0.05, 0.1) is 11.1 Å². The minimum absolute atomic E-state index is 0.0368. The maximum Gasteiger partial charge on any atom is 0.416 e. The molecule has 9 heteroatoms. The summed E-state index contributed by atoms with van der Waals surface area (Å²) >= 11 is 0. The molecular weight excluding hydrogens is 472 g/mol. The molecule has 3 nitrogen and oxygen atoms in total. The summed E-state index contributed by atoms with van der Waals surface area (Å²) in [4.78, 5) is 13.5. The van der Waals surface area contributed by atoms with E-state index in [0.29, 0.717) is 36.9 Å². The molecule has 1 fully saturated rings. The van der Waals surface area contributed by atoms with Crippen molar-refractivity contribution in [2.24, 2.45) is 5.92 Å². The van der Waals surface area contributed by atoms with Crippen molar-refractivity contribution in [1.82, 2.24) is 4.90 Å². The fourth-order valence-electron chi connectivity index (χ4n) is 4.90. The van der Waals surface area contributed by atoms with Gasteiger partial charge in [-0.3, -0.25) is 9.69 Å². The lowest BCUT2D eigenvalue weighted by Gasteiger charge is -2.44. The Bertz CT molecular complexity index is 969. The minimum Gasteiger partial charge on any atom is -0.481 e. The molecule has 192 valence electrons. The quantitative estimate of drug-likeness (QED) is 0.374. The second-order valence-corrected chi connectivity index (χ2v) is 9.14. The van der Waals surface area contributed by atoms with Gasteiger partial charge >= 0.3 is 18.3 Å². The molecule has 0 spiro atoms. The standard InChI is InChI=1S/C26H29F6NO2/c1-2-3-4-22(18-5-9-20(10-6-18)25(27,28)29)33-14-13-17(16-24(34)35)15-23(33)19-7-11-21(12-8-19)26(30,31)32/h5-12,17,22-23H,2-4,13-16H2,1H3,(H,34,35)/t17-,22?,23+/m1/s1. The lowest BCUT2D eigenvalue weighted by molar-refractivity contribution is -0.139. The monoisotopic (exact) mass is 501 g/mol. The van der Waals surface area contributed by atoms with Gasteiger partial charge < -0.3 is 5.11 Å². The first-order valence-electron chi connectivity index (χ1n) is 11.7. The summed E-state index contributed by atoms with van der Waals surface area (Å²) in [7, 11) is 0. The van der Waals surface area contributed by atoms with Gasteiger partial charge in [-0.1, -0.05) is 44.0 Å². The molecule has 0 radical (unpaired) electrons. The second-order valence-electron chi connectivity index (χ2n) is 9.14. The lowest BCUT2D eigenvalue weighted by atomic mass is 9.82. The maximum atomic E-state index is 13.1. The highest BCUT2D eigenvalue weighted by molar-refractivity contribution is 5.67. The first-order valence-corrected chi connectivity index (χ1v) is 11.7. The normalized spacial score (nSPS) is 20.5. The third kappa shape index (κ3) is 6.99. The number of unbranched alkanes of at least 4 members (excludes halogenated alkanes) is 1. The maximum absolute atomic E-state index is 13.1. The number of piperidine rings is 1. The van der Waals surface area contributed by atoms with Gasteiger partial charge in [0.1, 0.15) is 0 Å². The van der Waals surface area contributed by atoms with E-state index in [1.54, 1.807) is 0 Å². The van der Waals surface area contributed by atoms with Crippen LogP contribution in [0.2, 0.25) is 0 Å². The zero-order valence-electron chi connectivity index (χ0n) is 19.4. The van der Waals surface area contributed by atoms with Crippen molar-refractivity contribution in [2.45, 2.75) is 69.9 Å². The van der Waals surface area contributed by atoms with Crippen molar-refractivity contribution in [3.63, 3.8) is 0 Å². The molecule has 0 saturated carbocycles. The molecule has 1 saturated heterocycles. The second kappa shape index (κ2) is 11.0. The van der Waals surface area contributed by atoms with Crippen LogP contribution in [0.25, 0.3) is 0 Å². The molecule has 0 bridgehead atoms. The molecular formula is C26H29F6NO2. The average Bonchev–Trinajstić information content (AvgIpc) is 2.79. The summed E-state index contributed by atoms with van der Waals surface area (Å²) in [5, 5.41) is 9.28. The van der Waals surface area contributed by atoms with Gasteiger partial charge in [0, 0.05) is 18.5 Å². The van der Waals surface area contributed by atoms with Crippen LogP contribution in [0.3, 0.4) is 0 Å². The van der Waals surface area contributed by atoms with E-state index >= 15 is 0 Å². The van der Waals surface area contributed by atoms with Gasteiger partial charge in [-0.05, 0) is 67.1 Å². The van der Waals surface area contributed by atoms with Gasteiger partial charge in [0.25, 0.3) is 0 Å². The molecule has 1 heterocycles. The van der Waals surface area contributed by atoms with Crippen LogP contribution in [-0.4, -0.2) is 22.5 Å². The van der Waals surface area contributed by atoms with Gasteiger partial charge in [-0.2, -0.15) is 26.3 Å². The Hall–Kier alpha value is -2.55. The Morgan fingerprint density at radius 3 is 2.00 bits per heavy atom. The Morgan fingerprint density at radius 2 is 1.51 bits per heavy atom. The third-order valence-electron chi connectivity index (χ3n) is 6.69. The molecule has 0 aliphatic carbocycles. The summed E-state index contributed by atoms with van der Waals surface area (Å²) < 4.78 is 78.5. The minimum atomic E-state index is -4.47. The van der Waals surface area contributed by atoms with Crippen LogP contribution >= 0.6 is 0 Å². The molecule has 1 unspecified atom stereocenters. The number of halogens is 6. The number of nitrogens with zero attached hydrogens (tertiary/aromatic N) is 1. The van der Waals surface area contributed by atoms with Crippen molar-refractivity contribution < 1.29 is 36.2 Å². The van der Waals surface area contributed by atoms with Crippen LogP contribution in [0.15, 0.2) is 48.5 Å². The molecule has 2 aromatic rings. The molecule has 1 aliphatic heterocycles. The average molecular weight is 502 g/mol. The Labute approximate surface area is 200 Å². The zero-order valence-corrected chi connectivity index (χ0v) is 19.4. The topological polar surface area (TPSA) is 40.5 Å². The Kier molecular flexibility index (Phi) is 8.51. The number of likely N-dealkylation sites (tertiary alicyclic amines) is 1. The molecule has 3 rings (SSSR count). The van der Waals surface area contributed by atoms with E-state index in [9.17, 15) is 36.2 Å². The van der Waals surface area contributed by atoms with E-state index in [4.69, 9.17) is 0 Å². The highest BCUT2D eigenvalue weighted by atomic mass is 19.4. The van der Waals surface area contributed by atoms with E-state index < -0.39 is 29.4 Å². The van der Waals surface area contributed by atoms with Crippen molar-refractivity contribution >= 4 is 5.97 Å². The summed E-state index contributed by atoms with van der Waals surface area (Å²) in [5.74, 6) is -1.07. The largest absolute Gasteiger partial charge is 0.481 e. The van der Waals surface area contributed by atoms with Gasteiger partial charge in [0.2, 0.25) is 0 Å². The van der Waals surface area contributed by atoms with Crippen molar-refractivity contribution in [1.29, 1.82) is 0 Å². The van der Waals surface area contributed by atoms with Crippen molar-refractivity contribution in [3.05, 3.63) is 70.8 Å². The Balaban J connectivity index is 1.97. The number of carboxylic acids is 1. The molecule has 1 N–H and O–H groups in total. The number of aliphatic carboxylic acids is 1. The van der Waals surface area contributed by atoms with Crippen LogP contribution in [0.5, 0.6) is 0 Å². The molecule has 1 aliphatic rings. The first kappa shape index (κ1) is 27.0. The van der Waals surface area contributed by atoms with Crippen LogP contribution in [0, 0.1) is 5.92 Å². The first-order chi connectivity index (χ1) is 16.4.